The van der Waals surface area contributed by atoms with E-state index in [9.17, 15) is 8.42 Å². The number of hydrogen-bond donors (Lipinski definition) is 0. The second-order valence-corrected chi connectivity index (χ2v) is 7.88. The normalized spacial score (nSPS) is 11.7. The molecule has 0 unspecified atom stereocenters. The molecular formula is C19H23O3S. The third-order valence-electron chi connectivity index (χ3n) is 3.36. The summed E-state index contributed by atoms with van der Waals surface area (Å²) in [5.41, 5.74) is 3.09. The van der Waals surface area contributed by atoms with Crippen molar-refractivity contribution in [1.29, 1.82) is 0 Å². The highest BCUT2D eigenvalue weighted by atomic mass is 32.2. The molecule has 0 bridgehead atoms. The molecule has 0 saturated heterocycles. The van der Waals surface area contributed by atoms with Gasteiger partial charge in [0, 0.05) is 6.26 Å². The number of ether oxygens (including phenoxy) is 1. The largest absolute Gasteiger partial charge is 0.491 e. The van der Waals surface area contributed by atoms with Crippen molar-refractivity contribution in [3.8, 4) is 16.9 Å². The van der Waals surface area contributed by atoms with E-state index >= 15 is 0 Å². The van der Waals surface area contributed by atoms with Gasteiger partial charge in [0.25, 0.3) is 0 Å². The van der Waals surface area contributed by atoms with Crippen LogP contribution in [-0.2, 0) is 9.84 Å². The first-order chi connectivity index (χ1) is 10.8. The van der Waals surface area contributed by atoms with Crippen molar-refractivity contribution in [3.63, 3.8) is 0 Å². The molecule has 123 valence electrons. The van der Waals surface area contributed by atoms with Gasteiger partial charge in [-0.2, -0.15) is 0 Å². The van der Waals surface area contributed by atoms with Gasteiger partial charge in [0.2, 0.25) is 0 Å². The lowest BCUT2D eigenvalue weighted by Crippen LogP contribution is -2.05. The zero-order valence-electron chi connectivity index (χ0n) is 14.0. The summed E-state index contributed by atoms with van der Waals surface area (Å²) in [4.78, 5) is 0.330. The van der Waals surface area contributed by atoms with Crippen LogP contribution in [0, 0.1) is 6.42 Å². The van der Waals surface area contributed by atoms with E-state index < -0.39 is 9.84 Å². The minimum absolute atomic E-state index is 0.104. The molecule has 4 heteroatoms. The van der Waals surface area contributed by atoms with E-state index in [-0.39, 0.29) is 6.10 Å². The Balaban J connectivity index is 2.42. The van der Waals surface area contributed by atoms with Crippen molar-refractivity contribution in [3.05, 3.63) is 54.4 Å². The predicted octanol–water partition coefficient (Wildman–Crippen LogP) is 4.51. The maximum atomic E-state index is 11.6. The standard InChI is InChI=1S/C19H23O3S/c1-5-6-15-11-17(13-18(12-15)22-14(2)3)16-7-9-19(10-8-16)23(4,20)21/h6-14H,5H2,1-4H3. The van der Waals surface area contributed by atoms with E-state index in [1.807, 2.05) is 38.1 Å². The molecule has 0 heterocycles. The van der Waals surface area contributed by atoms with Crippen LogP contribution in [0.5, 0.6) is 5.75 Å². The van der Waals surface area contributed by atoms with Crippen LogP contribution in [0.4, 0.5) is 0 Å². The summed E-state index contributed by atoms with van der Waals surface area (Å²) in [7, 11) is -3.17. The first-order valence-electron chi connectivity index (χ1n) is 7.75. The highest BCUT2D eigenvalue weighted by molar-refractivity contribution is 7.90. The first-order valence-corrected chi connectivity index (χ1v) is 9.64. The molecule has 1 radical (unpaired) electrons. The monoisotopic (exact) mass is 331 g/mol. The Labute approximate surface area is 139 Å². The van der Waals surface area contributed by atoms with E-state index in [4.69, 9.17) is 4.74 Å². The fourth-order valence-electron chi connectivity index (χ4n) is 2.38. The van der Waals surface area contributed by atoms with E-state index in [0.29, 0.717) is 4.90 Å². The first kappa shape index (κ1) is 17.5. The van der Waals surface area contributed by atoms with E-state index in [1.165, 1.54) is 6.26 Å². The quantitative estimate of drug-likeness (QED) is 0.782. The third kappa shape index (κ3) is 4.83. The summed E-state index contributed by atoms with van der Waals surface area (Å²) in [6, 6.07) is 13.1. The zero-order valence-corrected chi connectivity index (χ0v) is 14.9. The second-order valence-electron chi connectivity index (χ2n) is 5.87. The molecule has 3 nitrogen and oxygen atoms in total. The summed E-state index contributed by atoms with van der Waals surface area (Å²) in [5.74, 6) is 0.824. The van der Waals surface area contributed by atoms with Gasteiger partial charge in [-0.05, 0) is 67.6 Å². The maximum absolute atomic E-state index is 11.6. The Bertz CT molecular complexity index is 760. The maximum Gasteiger partial charge on any atom is 0.175 e. The molecule has 2 aromatic rings. The molecule has 23 heavy (non-hydrogen) atoms. The molecule has 0 saturated carbocycles. The van der Waals surface area contributed by atoms with Crippen LogP contribution >= 0.6 is 0 Å². The van der Waals surface area contributed by atoms with Crippen LogP contribution in [0.2, 0.25) is 0 Å². The van der Waals surface area contributed by atoms with Crippen LogP contribution in [0.3, 0.4) is 0 Å². The number of rotatable bonds is 6. The van der Waals surface area contributed by atoms with Crippen LogP contribution < -0.4 is 4.74 Å². The average molecular weight is 331 g/mol. The molecule has 0 atom stereocenters. The molecule has 0 fully saturated rings. The molecule has 0 spiro atoms. The molecule has 0 aliphatic rings. The summed E-state index contributed by atoms with van der Waals surface area (Å²) in [6.45, 7) is 6.09. The fourth-order valence-corrected chi connectivity index (χ4v) is 3.01. The summed E-state index contributed by atoms with van der Waals surface area (Å²) in [5, 5.41) is 0. The Morgan fingerprint density at radius 1 is 1.04 bits per heavy atom. The van der Waals surface area contributed by atoms with Gasteiger partial charge in [0.05, 0.1) is 11.0 Å². The zero-order chi connectivity index (χ0) is 17.0. The average Bonchev–Trinajstić information content (AvgIpc) is 2.46. The van der Waals surface area contributed by atoms with Gasteiger partial charge >= 0.3 is 0 Å². The highest BCUT2D eigenvalue weighted by Gasteiger charge is 2.09. The summed E-state index contributed by atoms with van der Waals surface area (Å²) < 4.78 is 29.0. The Kier molecular flexibility index (Phi) is 5.47. The van der Waals surface area contributed by atoms with Gasteiger partial charge in [0.15, 0.2) is 9.84 Å². The van der Waals surface area contributed by atoms with Crippen molar-refractivity contribution in [2.75, 3.05) is 6.26 Å². The fraction of sp³-hybridized carbons (Fsp3) is 0.316. The topological polar surface area (TPSA) is 43.4 Å². The lowest BCUT2D eigenvalue weighted by Gasteiger charge is -2.14. The Morgan fingerprint density at radius 3 is 2.22 bits per heavy atom. The smallest absolute Gasteiger partial charge is 0.175 e. The van der Waals surface area contributed by atoms with E-state index in [2.05, 4.69) is 19.4 Å². The van der Waals surface area contributed by atoms with Gasteiger partial charge < -0.3 is 4.74 Å². The van der Waals surface area contributed by atoms with Gasteiger partial charge in [-0.15, -0.1) is 0 Å². The molecule has 0 aliphatic carbocycles. The minimum atomic E-state index is -3.17. The molecule has 2 aromatic carbocycles. The van der Waals surface area contributed by atoms with Gasteiger partial charge in [-0.25, -0.2) is 8.42 Å². The van der Waals surface area contributed by atoms with Crippen LogP contribution in [-0.4, -0.2) is 20.8 Å². The van der Waals surface area contributed by atoms with Crippen molar-refractivity contribution in [2.45, 2.75) is 38.2 Å². The second kappa shape index (κ2) is 7.18. The predicted molar refractivity (Wildman–Crippen MR) is 94.4 cm³/mol. The van der Waals surface area contributed by atoms with Gasteiger partial charge in [-0.1, -0.05) is 25.1 Å². The number of hydrogen-bond acceptors (Lipinski definition) is 3. The molecule has 0 amide bonds. The third-order valence-corrected chi connectivity index (χ3v) is 4.48. The van der Waals surface area contributed by atoms with Crippen molar-refractivity contribution in [1.82, 2.24) is 0 Å². The van der Waals surface area contributed by atoms with Gasteiger partial charge in [-0.3, -0.25) is 0 Å². The van der Waals surface area contributed by atoms with Crippen LogP contribution in [0.1, 0.15) is 32.8 Å². The van der Waals surface area contributed by atoms with Crippen molar-refractivity contribution in [2.24, 2.45) is 0 Å². The van der Waals surface area contributed by atoms with Gasteiger partial charge in [0.1, 0.15) is 5.75 Å². The van der Waals surface area contributed by atoms with Crippen molar-refractivity contribution >= 4 is 9.84 Å². The van der Waals surface area contributed by atoms with E-state index in [0.717, 1.165) is 28.9 Å². The Morgan fingerprint density at radius 2 is 1.70 bits per heavy atom. The Hall–Kier alpha value is -1.81. The van der Waals surface area contributed by atoms with Crippen LogP contribution in [0.15, 0.2) is 47.4 Å². The molecule has 0 aromatic heterocycles. The summed E-state index contributed by atoms with van der Waals surface area (Å²) >= 11 is 0. The lowest BCUT2D eigenvalue weighted by atomic mass is 10.0. The molecule has 0 N–H and O–H groups in total. The summed E-state index contributed by atoms with van der Waals surface area (Å²) in [6.07, 6.45) is 4.40. The minimum Gasteiger partial charge on any atom is -0.491 e. The molecular weight excluding hydrogens is 308 g/mol. The number of sulfone groups is 1. The highest BCUT2D eigenvalue weighted by Crippen LogP contribution is 2.28. The molecule has 0 aliphatic heterocycles. The van der Waals surface area contributed by atoms with E-state index in [1.54, 1.807) is 12.1 Å². The van der Waals surface area contributed by atoms with Crippen LogP contribution in [0.25, 0.3) is 11.1 Å². The SMILES string of the molecule is CC[CH]c1cc(OC(C)C)cc(-c2ccc(S(C)(=O)=O)cc2)c1. The molecule has 2 rings (SSSR count). The number of benzene rings is 2. The van der Waals surface area contributed by atoms with Crippen molar-refractivity contribution < 1.29 is 13.2 Å². The lowest BCUT2D eigenvalue weighted by molar-refractivity contribution is 0.242.